The van der Waals surface area contributed by atoms with Crippen molar-refractivity contribution in [3.8, 4) is 22.6 Å². The number of likely N-dealkylation sites (tertiary alicyclic amines) is 1. The smallest absolute Gasteiger partial charge is 0.407 e. The van der Waals surface area contributed by atoms with Crippen LogP contribution in [-0.4, -0.2) is 58.0 Å². The molecular weight excluding hydrogens is 376 g/mol. The molecule has 29 heavy (non-hydrogen) atoms. The number of benzene rings is 1. The number of H-pyrrole nitrogens is 1. The van der Waals surface area contributed by atoms with Crippen molar-refractivity contribution in [1.82, 2.24) is 19.5 Å². The maximum Gasteiger partial charge on any atom is 0.407 e. The van der Waals surface area contributed by atoms with Gasteiger partial charge >= 0.3 is 6.09 Å². The first-order valence-electron chi connectivity index (χ1n) is 9.33. The van der Waals surface area contributed by atoms with Crippen LogP contribution in [0, 0.1) is 0 Å². The van der Waals surface area contributed by atoms with Crippen molar-refractivity contribution in [3.05, 3.63) is 46.5 Å². The van der Waals surface area contributed by atoms with Crippen molar-refractivity contribution in [2.24, 2.45) is 0 Å². The van der Waals surface area contributed by atoms with E-state index in [2.05, 4.69) is 10.1 Å². The van der Waals surface area contributed by atoms with Gasteiger partial charge in [0, 0.05) is 30.6 Å². The Bertz CT molecular complexity index is 1110. The Morgan fingerprint density at radius 1 is 1.17 bits per heavy atom. The summed E-state index contributed by atoms with van der Waals surface area (Å²) in [7, 11) is 3.15. The number of aromatic nitrogens is 3. The fraction of sp³-hybridized carbons (Fsp3) is 0.350. The van der Waals surface area contributed by atoms with E-state index in [0.29, 0.717) is 43.1 Å². The molecule has 9 nitrogen and oxygen atoms in total. The highest BCUT2D eigenvalue weighted by molar-refractivity contribution is 5.78. The van der Waals surface area contributed by atoms with Crippen molar-refractivity contribution < 1.29 is 19.4 Å². The lowest BCUT2D eigenvalue weighted by atomic mass is 9.93. The summed E-state index contributed by atoms with van der Waals surface area (Å²) in [5, 5.41) is 13.7. The van der Waals surface area contributed by atoms with Crippen LogP contribution in [0.25, 0.3) is 16.8 Å². The first-order chi connectivity index (χ1) is 14.0. The van der Waals surface area contributed by atoms with E-state index in [1.165, 1.54) is 4.90 Å². The third kappa shape index (κ3) is 3.39. The normalized spacial score (nSPS) is 14.9. The van der Waals surface area contributed by atoms with E-state index < -0.39 is 6.09 Å². The minimum absolute atomic E-state index is 0.0635. The Balaban J connectivity index is 1.75. The molecule has 3 aromatic rings. The van der Waals surface area contributed by atoms with Gasteiger partial charge in [-0.1, -0.05) is 6.07 Å². The summed E-state index contributed by atoms with van der Waals surface area (Å²) in [6.07, 6.45) is 2.10. The molecule has 2 aromatic heterocycles. The average Bonchev–Trinajstić information content (AvgIpc) is 3.16. The van der Waals surface area contributed by atoms with Crippen LogP contribution in [0.2, 0.25) is 0 Å². The highest BCUT2D eigenvalue weighted by Gasteiger charge is 2.26. The predicted molar refractivity (Wildman–Crippen MR) is 106 cm³/mol. The number of carbonyl (C=O) groups is 1. The van der Waals surface area contributed by atoms with Crippen molar-refractivity contribution in [2.45, 2.75) is 18.8 Å². The lowest BCUT2D eigenvalue weighted by Gasteiger charge is -2.30. The zero-order valence-corrected chi connectivity index (χ0v) is 16.2. The van der Waals surface area contributed by atoms with Gasteiger partial charge in [0.1, 0.15) is 5.65 Å². The predicted octanol–water partition coefficient (Wildman–Crippen LogP) is 2.56. The second kappa shape index (κ2) is 7.50. The van der Waals surface area contributed by atoms with Crippen LogP contribution in [0.15, 0.2) is 35.3 Å². The van der Waals surface area contributed by atoms with Gasteiger partial charge in [-0.25, -0.2) is 9.31 Å². The van der Waals surface area contributed by atoms with Gasteiger partial charge in [0.15, 0.2) is 11.5 Å². The number of carboxylic acid groups (broad SMARTS) is 1. The summed E-state index contributed by atoms with van der Waals surface area (Å²) >= 11 is 0. The Kier molecular flexibility index (Phi) is 4.87. The molecule has 1 saturated heterocycles. The number of methoxy groups -OCH3 is 2. The van der Waals surface area contributed by atoms with Gasteiger partial charge in [-0.05, 0) is 30.5 Å². The summed E-state index contributed by atoms with van der Waals surface area (Å²) in [6, 6.07) is 7.08. The molecule has 1 fully saturated rings. The molecule has 0 aliphatic carbocycles. The second-order valence-electron chi connectivity index (χ2n) is 6.99. The number of aromatic amines is 1. The quantitative estimate of drug-likeness (QED) is 0.699. The SMILES string of the molecule is COc1ccc(-c2cnn3c(C4CCN(C(=O)O)CC4)cc(=O)[nH]c23)cc1OC. The topological polar surface area (TPSA) is 109 Å². The minimum Gasteiger partial charge on any atom is -0.493 e. The molecule has 1 aliphatic rings. The van der Waals surface area contributed by atoms with Crippen LogP contribution in [0.4, 0.5) is 4.79 Å². The first kappa shape index (κ1) is 18.9. The van der Waals surface area contributed by atoms with Crippen molar-refractivity contribution in [1.29, 1.82) is 0 Å². The lowest BCUT2D eigenvalue weighted by molar-refractivity contribution is 0.131. The van der Waals surface area contributed by atoms with E-state index in [9.17, 15) is 9.59 Å². The molecule has 0 atom stereocenters. The van der Waals surface area contributed by atoms with Crippen LogP contribution in [0.1, 0.15) is 24.5 Å². The van der Waals surface area contributed by atoms with Crippen LogP contribution in [0.3, 0.4) is 0 Å². The van der Waals surface area contributed by atoms with E-state index in [1.807, 2.05) is 12.1 Å². The largest absolute Gasteiger partial charge is 0.493 e. The number of hydrogen-bond donors (Lipinski definition) is 2. The summed E-state index contributed by atoms with van der Waals surface area (Å²) in [4.78, 5) is 27.8. The van der Waals surface area contributed by atoms with Gasteiger partial charge in [-0.15, -0.1) is 0 Å². The summed E-state index contributed by atoms with van der Waals surface area (Å²) in [5.74, 6) is 1.27. The van der Waals surface area contributed by atoms with Gasteiger partial charge in [0.2, 0.25) is 0 Å². The summed E-state index contributed by atoms with van der Waals surface area (Å²) in [5.41, 5.74) is 2.79. The van der Waals surface area contributed by atoms with Crippen LogP contribution < -0.4 is 15.0 Å². The fourth-order valence-corrected chi connectivity index (χ4v) is 3.89. The highest BCUT2D eigenvalue weighted by Crippen LogP contribution is 2.34. The van der Waals surface area contributed by atoms with E-state index in [1.54, 1.807) is 37.1 Å². The molecule has 0 bridgehead atoms. The molecule has 1 aromatic carbocycles. The molecule has 9 heteroatoms. The zero-order valence-electron chi connectivity index (χ0n) is 16.2. The van der Waals surface area contributed by atoms with E-state index >= 15 is 0 Å². The summed E-state index contributed by atoms with van der Waals surface area (Å²) < 4.78 is 12.4. The number of nitrogens with zero attached hydrogens (tertiary/aromatic N) is 3. The maximum absolute atomic E-state index is 12.4. The van der Waals surface area contributed by atoms with Crippen LogP contribution in [0.5, 0.6) is 11.5 Å². The molecule has 1 amide bonds. The maximum atomic E-state index is 12.4. The number of piperidine rings is 1. The van der Waals surface area contributed by atoms with Crippen molar-refractivity contribution in [2.75, 3.05) is 27.3 Å². The number of hydrogen-bond acceptors (Lipinski definition) is 5. The number of ether oxygens (including phenoxy) is 2. The van der Waals surface area contributed by atoms with Gasteiger partial charge < -0.3 is 24.5 Å². The summed E-state index contributed by atoms with van der Waals surface area (Å²) in [6.45, 7) is 0.885. The third-order valence-electron chi connectivity index (χ3n) is 5.41. The van der Waals surface area contributed by atoms with Gasteiger partial charge in [-0.3, -0.25) is 4.79 Å². The molecule has 0 spiro atoms. The Morgan fingerprint density at radius 3 is 2.55 bits per heavy atom. The molecule has 3 heterocycles. The van der Waals surface area contributed by atoms with Gasteiger partial charge in [-0.2, -0.15) is 5.10 Å². The minimum atomic E-state index is -0.908. The van der Waals surface area contributed by atoms with E-state index in [0.717, 1.165) is 16.8 Å². The molecule has 1 aliphatic heterocycles. The van der Waals surface area contributed by atoms with E-state index in [4.69, 9.17) is 14.6 Å². The van der Waals surface area contributed by atoms with Crippen molar-refractivity contribution in [3.63, 3.8) is 0 Å². The molecular formula is C20H22N4O5. The Morgan fingerprint density at radius 2 is 1.90 bits per heavy atom. The second-order valence-corrected chi connectivity index (χ2v) is 6.99. The van der Waals surface area contributed by atoms with Gasteiger partial charge in [0.05, 0.1) is 26.1 Å². The number of rotatable bonds is 4. The Hall–Kier alpha value is -3.49. The van der Waals surface area contributed by atoms with Crippen molar-refractivity contribution >= 4 is 11.7 Å². The molecule has 4 rings (SSSR count). The average molecular weight is 398 g/mol. The number of nitrogens with one attached hydrogen (secondary N) is 1. The first-order valence-corrected chi connectivity index (χ1v) is 9.33. The standard InChI is InChI=1S/C20H22N4O5/c1-28-16-4-3-13(9-17(16)29-2)14-11-21-24-15(10-18(25)22-19(14)24)12-5-7-23(8-6-12)20(26)27/h3-4,9-12H,5-8H2,1-2H3,(H,22,25)(H,26,27). The number of fused-ring (bicyclic) bond motifs is 1. The lowest BCUT2D eigenvalue weighted by Crippen LogP contribution is -2.37. The van der Waals surface area contributed by atoms with Crippen LogP contribution in [-0.2, 0) is 0 Å². The zero-order chi connectivity index (χ0) is 20.5. The van der Waals surface area contributed by atoms with Crippen LogP contribution >= 0.6 is 0 Å². The molecule has 0 saturated carbocycles. The van der Waals surface area contributed by atoms with E-state index in [-0.39, 0.29) is 11.5 Å². The molecule has 0 unspecified atom stereocenters. The monoisotopic (exact) mass is 398 g/mol. The molecule has 2 N–H and O–H groups in total. The Labute approximate surface area is 166 Å². The van der Waals surface area contributed by atoms with Gasteiger partial charge in [0.25, 0.3) is 5.56 Å². The molecule has 0 radical (unpaired) electrons. The fourth-order valence-electron chi connectivity index (χ4n) is 3.89. The number of amides is 1. The third-order valence-corrected chi connectivity index (χ3v) is 5.41. The highest BCUT2D eigenvalue weighted by atomic mass is 16.5. The molecule has 152 valence electrons.